The van der Waals surface area contributed by atoms with Crippen molar-refractivity contribution in [3.63, 3.8) is 0 Å². The lowest BCUT2D eigenvalue weighted by Crippen LogP contribution is -2.47. The van der Waals surface area contributed by atoms with Gasteiger partial charge in [0.2, 0.25) is 27.6 Å². The van der Waals surface area contributed by atoms with Crippen molar-refractivity contribution in [1.82, 2.24) is 24.4 Å². The van der Waals surface area contributed by atoms with E-state index in [2.05, 4.69) is 20.1 Å². The zero-order valence-electron chi connectivity index (χ0n) is 10.1. The SMILES string of the molecule is CS(=O)(=O)N1CC(c2nc(-c3ncccn3)no2)C1. The molecule has 9 heteroatoms. The van der Waals surface area contributed by atoms with E-state index in [1.54, 1.807) is 18.5 Å². The van der Waals surface area contributed by atoms with E-state index in [4.69, 9.17) is 4.52 Å². The molecule has 0 unspecified atom stereocenters. The highest BCUT2D eigenvalue weighted by atomic mass is 32.2. The Morgan fingerprint density at radius 3 is 2.58 bits per heavy atom. The van der Waals surface area contributed by atoms with Gasteiger partial charge in [0.1, 0.15) is 0 Å². The molecular formula is C10H11N5O3S. The predicted octanol–water partition coefficient (Wildman–Crippen LogP) is -0.115. The first-order chi connectivity index (χ1) is 9.04. The van der Waals surface area contributed by atoms with Crippen molar-refractivity contribution in [2.45, 2.75) is 5.92 Å². The molecule has 1 aliphatic heterocycles. The van der Waals surface area contributed by atoms with E-state index in [1.165, 1.54) is 10.6 Å². The summed E-state index contributed by atoms with van der Waals surface area (Å²) in [6.07, 6.45) is 4.36. The summed E-state index contributed by atoms with van der Waals surface area (Å²) in [5, 5.41) is 3.80. The third kappa shape index (κ3) is 2.34. The average molecular weight is 281 g/mol. The fraction of sp³-hybridized carbons (Fsp3) is 0.400. The quantitative estimate of drug-likeness (QED) is 0.773. The Bertz CT molecular complexity index is 678. The molecule has 0 aliphatic carbocycles. The van der Waals surface area contributed by atoms with Crippen molar-refractivity contribution in [3.05, 3.63) is 24.4 Å². The van der Waals surface area contributed by atoms with Crippen molar-refractivity contribution >= 4 is 10.0 Å². The lowest BCUT2D eigenvalue weighted by molar-refractivity contribution is 0.218. The van der Waals surface area contributed by atoms with Crippen molar-refractivity contribution in [1.29, 1.82) is 0 Å². The number of sulfonamides is 1. The van der Waals surface area contributed by atoms with Crippen LogP contribution in [0.3, 0.4) is 0 Å². The van der Waals surface area contributed by atoms with Crippen LogP contribution in [-0.2, 0) is 10.0 Å². The monoisotopic (exact) mass is 281 g/mol. The third-order valence-corrected chi connectivity index (χ3v) is 4.11. The second-order valence-corrected chi connectivity index (χ2v) is 6.29. The fourth-order valence-electron chi connectivity index (χ4n) is 1.77. The molecule has 3 heterocycles. The minimum atomic E-state index is -3.13. The van der Waals surface area contributed by atoms with E-state index < -0.39 is 10.0 Å². The molecule has 100 valence electrons. The van der Waals surface area contributed by atoms with Crippen LogP contribution in [0, 0.1) is 0 Å². The highest BCUT2D eigenvalue weighted by molar-refractivity contribution is 7.88. The first kappa shape index (κ1) is 12.2. The van der Waals surface area contributed by atoms with Gasteiger partial charge in [0.05, 0.1) is 12.2 Å². The van der Waals surface area contributed by atoms with Gasteiger partial charge < -0.3 is 4.52 Å². The van der Waals surface area contributed by atoms with Gasteiger partial charge in [-0.15, -0.1) is 0 Å². The molecule has 0 atom stereocenters. The van der Waals surface area contributed by atoms with E-state index in [0.29, 0.717) is 30.6 Å². The standard InChI is InChI=1S/C10H11N5O3S/c1-19(16,17)15-5-7(6-15)10-13-9(14-18-10)8-11-3-2-4-12-8/h2-4,7H,5-6H2,1H3. The molecular weight excluding hydrogens is 270 g/mol. The molecule has 3 rings (SSSR count). The molecule has 8 nitrogen and oxygen atoms in total. The summed E-state index contributed by atoms with van der Waals surface area (Å²) in [5.74, 6) is 1.06. The molecule has 0 amide bonds. The lowest BCUT2D eigenvalue weighted by Gasteiger charge is -2.34. The van der Waals surface area contributed by atoms with Crippen LogP contribution in [0.5, 0.6) is 0 Å². The smallest absolute Gasteiger partial charge is 0.240 e. The maximum absolute atomic E-state index is 11.3. The first-order valence-corrected chi connectivity index (χ1v) is 7.45. The summed E-state index contributed by atoms with van der Waals surface area (Å²) in [6.45, 7) is 0.742. The van der Waals surface area contributed by atoms with E-state index in [0.717, 1.165) is 0 Å². The van der Waals surface area contributed by atoms with Crippen molar-refractivity contribution in [2.75, 3.05) is 19.3 Å². The van der Waals surface area contributed by atoms with Crippen LogP contribution >= 0.6 is 0 Å². The highest BCUT2D eigenvalue weighted by Crippen LogP contribution is 2.28. The minimum Gasteiger partial charge on any atom is -0.338 e. The molecule has 0 saturated carbocycles. The van der Waals surface area contributed by atoms with Crippen LogP contribution in [0.15, 0.2) is 23.0 Å². The van der Waals surface area contributed by atoms with Gasteiger partial charge in [-0.05, 0) is 6.07 Å². The van der Waals surface area contributed by atoms with E-state index >= 15 is 0 Å². The van der Waals surface area contributed by atoms with E-state index in [-0.39, 0.29) is 5.92 Å². The van der Waals surface area contributed by atoms with Crippen LogP contribution in [0.2, 0.25) is 0 Å². The molecule has 0 N–H and O–H groups in total. The molecule has 1 aliphatic rings. The lowest BCUT2D eigenvalue weighted by atomic mass is 10.0. The van der Waals surface area contributed by atoms with Crippen molar-refractivity contribution < 1.29 is 12.9 Å². The van der Waals surface area contributed by atoms with Crippen molar-refractivity contribution in [3.8, 4) is 11.6 Å². The average Bonchev–Trinajstić information content (AvgIpc) is 2.75. The van der Waals surface area contributed by atoms with Crippen LogP contribution in [0.4, 0.5) is 0 Å². The zero-order chi connectivity index (χ0) is 13.5. The van der Waals surface area contributed by atoms with Crippen molar-refractivity contribution in [2.24, 2.45) is 0 Å². The summed E-state index contributed by atoms with van der Waals surface area (Å²) in [4.78, 5) is 12.2. The Labute approximate surface area is 109 Å². The fourth-order valence-corrected chi connectivity index (χ4v) is 2.67. The van der Waals surface area contributed by atoms with E-state index in [9.17, 15) is 8.42 Å². The first-order valence-electron chi connectivity index (χ1n) is 5.60. The molecule has 1 saturated heterocycles. The number of hydrogen-bond acceptors (Lipinski definition) is 7. The maximum Gasteiger partial charge on any atom is 0.240 e. The van der Waals surface area contributed by atoms with Crippen LogP contribution in [0.25, 0.3) is 11.6 Å². The summed E-state index contributed by atoms with van der Waals surface area (Å²) in [7, 11) is -3.13. The Hall–Kier alpha value is -1.87. The number of hydrogen-bond donors (Lipinski definition) is 0. The summed E-state index contributed by atoms with van der Waals surface area (Å²) in [5.41, 5.74) is 0. The Balaban J connectivity index is 1.74. The molecule has 0 spiro atoms. The van der Waals surface area contributed by atoms with Gasteiger partial charge in [0.15, 0.2) is 0 Å². The molecule has 1 fully saturated rings. The molecule has 0 aromatic carbocycles. The summed E-state index contributed by atoms with van der Waals surface area (Å²) in [6, 6.07) is 1.69. The van der Waals surface area contributed by atoms with Gasteiger partial charge in [0, 0.05) is 25.5 Å². The predicted molar refractivity (Wildman–Crippen MR) is 64.5 cm³/mol. The Kier molecular flexibility index (Phi) is 2.79. The number of aromatic nitrogens is 4. The molecule has 2 aromatic rings. The second-order valence-electron chi connectivity index (χ2n) is 4.31. The van der Waals surface area contributed by atoms with Gasteiger partial charge in [-0.2, -0.15) is 4.98 Å². The topological polar surface area (TPSA) is 102 Å². The largest absolute Gasteiger partial charge is 0.338 e. The molecule has 19 heavy (non-hydrogen) atoms. The molecule has 2 aromatic heterocycles. The van der Waals surface area contributed by atoms with Gasteiger partial charge >= 0.3 is 0 Å². The molecule has 0 bridgehead atoms. The van der Waals surface area contributed by atoms with Gasteiger partial charge in [-0.1, -0.05) is 5.16 Å². The summed E-state index contributed by atoms with van der Waals surface area (Å²) < 4.78 is 29.0. The Morgan fingerprint density at radius 1 is 1.26 bits per heavy atom. The normalized spacial score (nSPS) is 17.3. The Morgan fingerprint density at radius 2 is 1.95 bits per heavy atom. The van der Waals surface area contributed by atoms with Crippen LogP contribution in [0.1, 0.15) is 11.8 Å². The third-order valence-electron chi connectivity index (χ3n) is 2.87. The van der Waals surface area contributed by atoms with Crippen LogP contribution < -0.4 is 0 Å². The maximum atomic E-state index is 11.3. The minimum absolute atomic E-state index is 0.0558. The van der Waals surface area contributed by atoms with Crippen LogP contribution in [-0.4, -0.2) is 52.2 Å². The highest BCUT2D eigenvalue weighted by Gasteiger charge is 2.37. The zero-order valence-corrected chi connectivity index (χ0v) is 10.9. The second kappa shape index (κ2) is 4.35. The van der Waals surface area contributed by atoms with E-state index in [1.807, 2.05) is 0 Å². The van der Waals surface area contributed by atoms with Gasteiger partial charge in [-0.25, -0.2) is 22.7 Å². The molecule has 0 radical (unpaired) electrons. The van der Waals surface area contributed by atoms with Gasteiger partial charge in [0.25, 0.3) is 0 Å². The number of nitrogens with zero attached hydrogens (tertiary/aromatic N) is 5. The van der Waals surface area contributed by atoms with Gasteiger partial charge in [-0.3, -0.25) is 0 Å². The summed E-state index contributed by atoms with van der Waals surface area (Å²) >= 11 is 0. The number of rotatable bonds is 3.